The molecule has 0 aromatic heterocycles. The maximum absolute atomic E-state index is 13.0. The van der Waals surface area contributed by atoms with Crippen LogP contribution in [0.2, 0.25) is 0 Å². The Labute approximate surface area is 164 Å². The van der Waals surface area contributed by atoms with E-state index in [1.807, 2.05) is 0 Å². The van der Waals surface area contributed by atoms with Crippen LogP contribution in [0.15, 0.2) is 53.4 Å². The Morgan fingerprint density at radius 1 is 1.11 bits per heavy atom. The van der Waals surface area contributed by atoms with E-state index in [0.29, 0.717) is 18.7 Å². The lowest BCUT2D eigenvalue weighted by atomic mass is 10.0. The Bertz CT molecular complexity index is 898. The molecule has 1 aliphatic rings. The Kier molecular flexibility index (Phi) is 6.80. The van der Waals surface area contributed by atoms with Gasteiger partial charge >= 0.3 is 0 Å². The number of likely N-dealkylation sites (tertiary alicyclic amines) is 1. The van der Waals surface area contributed by atoms with Crippen LogP contribution >= 0.6 is 12.4 Å². The average molecular weight is 414 g/mol. The maximum Gasteiger partial charge on any atom is 0.261 e. The number of hydrogen-bond acceptors (Lipinski definition) is 4. The smallest absolute Gasteiger partial charge is 0.261 e. The third-order valence-corrected chi connectivity index (χ3v) is 5.69. The van der Waals surface area contributed by atoms with E-state index in [-0.39, 0.29) is 34.9 Å². The lowest BCUT2D eigenvalue weighted by Crippen LogP contribution is -2.42. The lowest BCUT2D eigenvalue weighted by Gasteiger charge is -2.30. The summed E-state index contributed by atoms with van der Waals surface area (Å²) in [6, 6.07) is 11.0. The Morgan fingerprint density at radius 2 is 1.74 bits per heavy atom. The van der Waals surface area contributed by atoms with Gasteiger partial charge in [-0.15, -0.1) is 12.4 Å². The molecule has 0 aliphatic carbocycles. The Balaban J connectivity index is 0.00000261. The second-order valence-electron chi connectivity index (χ2n) is 6.27. The van der Waals surface area contributed by atoms with Crippen LogP contribution in [-0.2, 0) is 10.0 Å². The van der Waals surface area contributed by atoms with Gasteiger partial charge in [-0.3, -0.25) is 9.52 Å². The molecule has 2 aromatic carbocycles. The molecule has 1 aliphatic heterocycles. The van der Waals surface area contributed by atoms with E-state index >= 15 is 0 Å². The van der Waals surface area contributed by atoms with Gasteiger partial charge in [-0.2, -0.15) is 0 Å². The van der Waals surface area contributed by atoms with E-state index in [4.69, 9.17) is 5.73 Å². The third-order valence-electron chi connectivity index (χ3n) is 4.31. The van der Waals surface area contributed by atoms with Crippen molar-refractivity contribution in [3.8, 4) is 0 Å². The van der Waals surface area contributed by atoms with Gasteiger partial charge < -0.3 is 10.6 Å². The first-order valence-electron chi connectivity index (χ1n) is 8.28. The first-order valence-corrected chi connectivity index (χ1v) is 9.77. The molecular weight excluding hydrogens is 393 g/mol. The number of halogens is 2. The van der Waals surface area contributed by atoms with Crippen LogP contribution in [0.4, 0.5) is 10.1 Å². The highest BCUT2D eigenvalue weighted by molar-refractivity contribution is 7.92. The number of rotatable bonds is 4. The Hall–Kier alpha value is -2.16. The normalized spacial score (nSPS) is 15.1. The molecule has 9 heteroatoms. The summed E-state index contributed by atoms with van der Waals surface area (Å²) in [6.07, 6.45) is 1.46. The average Bonchev–Trinajstić information content (AvgIpc) is 2.64. The van der Waals surface area contributed by atoms with E-state index in [2.05, 4.69) is 4.72 Å². The molecular formula is C18H21ClFN3O3S. The van der Waals surface area contributed by atoms with E-state index in [9.17, 15) is 17.6 Å². The Morgan fingerprint density at radius 3 is 2.37 bits per heavy atom. The SMILES string of the molecule is Cl.NC1CCN(C(=O)c2cccc(S(=O)(=O)Nc3ccc(F)cc3)c2)CC1. The number of carbonyl (C=O) groups excluding carboxylic acids is 1. The van der Waals surface area contributed by atoms with Gasteiger partial charge in [0.2, 0.25) is 0 Å². The molecule has 3 rings (SSSR count). The van der Waals surface area contributed by atoms with Gasteiger partial charge in [0.05, 0.1) is 4.90 Å². The zero-order valence-electron chi connectivity index (χ0n) is 14.5. The molecule has 1 fully saturated rings. The third kappa shape index (κ3) is 5.18. The first-order chi connectivity index (χ1) is 12.3. The molecule has 146 valence electrons. The van der Waals surface area contributed by atoms with Crippen molar-refractivity contribution in [1.82, 2.24) is 4.90 Å². The van der Waals surface area contributed by atoms with Crippen LogP contribution < -0.4 is 10.5 Å². The van der Waals surface area contributed by atoms with Crippen LogP contribution in [0, 0.1) is 5.82 Å². The minimum Gasteiger partial charge on any atom is -0.339 e. The van der Waals surface area contributed by atoms with Gasteiger partial charge in [0.25, 0.3) is 15.9 Å². The monoisotopic (exact) mass is 413 g/mol. The molecule has 1 heterocycles. The van der Waals surface area contributed by atoms with Gasteiger partial charge in [-0.1, -0.05) is 6.07 Å². The van der Waals surface area contributed by atoms with Crippen molar-refractivity contribution >= 4 is 34.0 Å². The summed E-state index contributed by atoms with van der Waals surface area (Å²) in [4.78, 5) is 14.3. The molecule has 0 radical (unpaired) electrons. The molecule has 6 nitrogen and oxygen atoms in total. The van der Waals surface area contributed by atoms with Crippen molar-refractivity contribution in [2.75, 3.05) is 17.8 Å². The van der Waals surface area contributed by atoms with Crippen molar-refractivity contribution < 1.29 is 17.6 Å². The fourth-order valence-corrected chi connectivity index (χ4v) is 3.92. The minimum atomic E-state index is -3.88. The molecule has 1 amide bonds. The number of anilines is 1. The molecule has 0 bridgehead atoms. The summed E-state index contributed by atoms with van der Waals surface area (Å²) in [7, 11) is -3.88. The number of sulfonamides is 1. The second-order valence-corrected chi connectivity index (χ2v) is 7.95. The van der Waals surface area contributed by atoms with E-state index < -0.39 is 15.8 Å². The summed E-state index contributed by atoms with van der Waals surface area (Å²) in [5, 5.41) is 0. The van der Waals surface area contributed by atoms with Gasteiger partial charge in [-0.05, 0) is 55.3 Å². The second kappa shape index (κ2) is 8.69. The van der Waals surface area contributed by atoms with Gasteiger partial charge in [0, 0.05) is 30.4 Å². The zero-order valence-corrected chi connectivity index (χ0v) is 16.1. The van der Waals surface area contributed by atoms with Gasteiger partial charge in [0.1, 0.15) is 5.82 Å². The predicted octanol–water partition coefficient (Wildman–Crippen LogP) is 2.61. The lowest BCUT2D eigenvalue weighted by molar-refractivity contribution is 0.0714. The molecule has 27 heavy (non-hydrogen) atoms. The quantitative estimate of drug-likeness (QED) is 0.805. The van der Waals surface area contributed by atoms with Crippen molar-refractivity contribution in [2.24, 2.45) is 5.73 Å². The number of nitrogens with zero attached hydrogens (tertiary/aromatic N) is 1. The van der Waals surface area contributed by atoms with Crippen LogP contribution in [-0.4, -0.2) is 38.4 Å². The molecule has 1 saturated heterocycles. The van der Waals surface area contributed by atoms with Crippen LogP contribution in [0.5, 0.6) is 0 Å². The van der Waals surface area contributed by atoms with Gasteiger partial charge in [-0.25, -0.2) is 12.8 Å². The molecule has 2 aromatic rings. The summed E-state index contributed by atoms with van der Waals surface area (Å²) in [5.74, 6) is -0.669. The van der Waals surface area contributed by atoms with Crippen molar-refractivity contribution in [3.05, 3.63) is 59.9 Å². The summed E-state index contributed by atoms with van der Waals surface area (Å²) < 4.78 is 40.4. The van der Waals surface area contributed by atoms with E-state index in [0.717, 1.165) is 12.8 Å². The number of nitrogens with one attached hydrogen (secondary N) is 1. The van der Waals surface area contributed by atoms with E-state index in [1.54, 1.807) is 11.0 Å². The summed E-state index contributed by atoms with van der Waals surface area (Å²) >= 11 is 0. The summed E-state index contributed by atoms with van der Waals surface area (Å²) in [6.45, 7) is 1.12. The highest BCUT2D eigenvalue weighted by Crippen LogP contribution is 2.19. The fraction of sp³-hybridized carbons (Fsp3) is 0.278. The van der Waals surface area contributed by atoms with Crippen molar-refractivity contribution in [1.29, 1.82) is 0 Å². The van der Waals surface area contributed by atoms with Crippen molar-refractivity contribution in [3.63, 3.8) is 0 Å². The van der Waals surface area contributed by atoms with Crippen LogP contribution in [0.25, 0.3) is 0 Å². The molecule has 0 saturated carbocycles. The molecule has 0 spiro atoms. The maximum atomic E-state index is 13.0. The highest BCUT2D eigenvalue weighted by Gasteiger charge is 2.23. The topological polar surface area (TPSA) is 92.5 Å². The predicted molar refractivity (Wildman–Crippen MR) is 104 cm³/mol. The molecule has 3 N–H and O–H groups in total. The van der Waals surface area contributed by atoms with Crippen LogP contribution in [0.1, 0.15) is 23.2 Å². The number of carbonyl (C=O) groups is 1. The standard InChI is InChI=1S/C18H20FN3O3S.ClH/c19-14-4-6-16(7-5-14)21-26(24,25)17-3-1-2-13(12-17)18(23)22-10-8-15(20)9-11-22;/h1-7,12,15,21H,8-11,20H2;1H. The summed E-state index contributed by atoms with van der Waals surface area (Å²) in [5.41, 5.74) is 6.40. The number of piperidine rings is 1. The number of hydrogen-bond donors (Lipinski definition) is 2. The van der Waals surface area contributed by atoms with E-state index in [1.165, 1.54) is 42.5 Å². The van der Waals surface area contributed by atoms with Crippen LogP contribution in [0.3, 0.4) is 0 Å². The largest absolute Gasteiger partial charge is 0.339 e. The number of amides is 1. The minimum absolute atomic E-state index is 0. The fourth-order valence-electron chi connectivity index (χ4n) is 2.81. The molecule has 0 unspecified atom stereocenters. The van der Waals surface area contributed by atoms with Crippen molar-refractivity contribution in [2.45, 2.75) is 23.8 Å². The first kappa shape index (κ1) is 21.1. The molecule has 0 atom stereocenters. The van der Waals surface area contributed by atoms with Gasteiger partial charge in [0.15, 0.2) is 0 Å². The zero-order chi connectivity index (χ0) is 18.7. The number of benzene rings is 2. The highest BCUT2D eigenvalue weighted by atomic mass is 35.5. The number of nitrogens with two attached hydrogens (primary N) is 1.